The van der Waals surface area contributed by atoms with Crippen molar-refractivity contribution in [1.82, 2.24) is 5.32 Å². The molecule has 0 saturated carbocycles. The molecule has 1 rings (SSSR count). The van der Waals surface area contributed by atoms with Crippen LogP contribution in [-0.2, 0) is 11.3 Å². The van der Waals surface area contributed by atoms with E-state index in [0.717, 1.165) is 32.1 Å². The van der Waals surface area contributed by atoms with E-state index in [2.05, 4.69) is 31.3 Å². The van der Waals surface area contributed by atoms with Gasteiger partial charge in [-0.3, -0.25) is 0 Å². The van der Waals surface area contributed by atoms with Crippen LogP contribution in [0.15, 0.2) is 24.3 Å². The molecule has 0 unspecified atom stereocenters. The second kappa shape index (κ2) is 8.94. The van der Waals surface area contributed by atoms with E-state index in [0.29, 0.717) is 5.92 Å². The minimum Gasteiger partial charge on any atom is -0.491 e. The Kier molecular flexibility index (Phi) is 7.53. The number of rotatable bonds is 9. The van der Waals surface area contributed by atoms with Gasteiger partial charge in [0.25, 0.3) is 0 Å². The van der Waals surface area contributed by atoms with Crippen molar-refractivity contribution in [2.75, 3.05) is 19.8 Å². The lowest BCUT2D eigenvalue weighted by Crippen LogP contribution is -2.20. The molecule has 0 heterocycles. The Hall–Kier alpha value is -1.06. The minimum absolute atomic E-state index is 0.224. The average molecular weight is 265 g/mol. The molecule has 0 radical (unpaired) electrons. The molecule has 0 atom stereocenters. The quantitative estimate of drug-likeness (QED) is 0.695. The molecule has 0 spiro atoms. The fraction of sp³-hybridized carbons (Fsp3) is 0.625. The van der Waals surface area contributed by atoms with Gasteiger partial charge in [-0.2, -0.15) is 0 Å². The van der Waals surface area contributed by atoms with E-state index in [1.807, 2.05) is 26.0 Å². The summed E-state index contributed by atoms with van der Waals surface area (Å²) in [5, 5.41) is 3.37. The smallest absolute Gasteiger partial charge is 0.119 e. The van der Waals surface area contributed by atoms with Gasteiger partial charge in [0, 0.05) is 19.7 Å². The molecule has 19 heavy (non-hydrogen) atoms. The lowest BCUT2D eigenvalue weighted by Gasteiger charge is -2.11. The molecule has 1 aromatic rings. The lowest BCUT2D eigenvalue weighted by molar-refractivity contribution is 0.111. The monoisotopic (exact) mass is 265 g/mol. The van der Waals surface area contributed by atoms with Crippen LogP contribution < -0.4 is 10.1 Å². The van der Waals surface area contributed by atoms with E-state index < -0.39 is 0 Å². The Bertz CT molecular complexity index is 333. The highest BCUT2D eigenvalue weighted by Gasteiger charge is 1.98. The molecule has 0 amide bonds. The van der Waals surface area contributed by atoms with Gasteiger partial charge >= 0.3 is 0 Å². The summed E-state index contributed by atoms with van der Waals surface area (Å²) in [6, 6.07) is 8.23. The molecule has 0 aliphatic heterocycles. The molecule has 108 valence electrons. The minimum atomic E-state index is 0.224. The third-order valence-corrected chi connectivity index (χ3v) is 2.50. The third-order valence-electron chi connectivity index (χ3n) is 2.50. The van der Waals surface area contributed by atoms with Gasteiger partial charge in [0.2, 0.25) is 0 Å². The van der Waals surface area contributed by atoms with Gasteiger partial charge in [-0.05, 0) is 37.5 Å². The molecule has 1 N–H and O–H groups in total. The van der Waals surface area contributed by atoms with Gasteiger partial charge < -0.3 is 14.8 Å². The molecular formula is C16H27NO2. The molecule has 0 saturated heterocycles. The molecule has 1 aromatic carbocycles. The van der Waals surface area contributed by atoms with Crippen molar-refractivity contribution in [2.45, 2.75) is 40.3 Å². The van der Waals surface area contributed by atoms with Crippen LogP contribution >= 0.6 is 0 Å². The number of hydrogen-bond acceptors (Lipinski definition) is 3. The zero-order chi connectivity index (χ0) is 14.1. The topological polar surface area (TPSA) is 30.5 Å². The predicted octanol–water partition coefficient (Wildman–Crippen LogP) is 3.24. The van der Waals surface area contributed by atoms with Gasteiger partial charge in [0.05, 0.1) is 12.7 Å². The summed E-state index contributed by atoms with van der Waals surface area (Å²) >= 11 is 0. The van der Waals surface area contributed by atoms with Crippen molar-refractivity contribution < 1.29 is 9.47 Å². The van der Waals surface area contributed by atoms with Crippen molar-refractivity contribution in [1.29, 1.82) is 0 Å². The lowest BCUT2D eigenvalue weighted by atomic mass is 10.2. The highest BCUT2D eigenvalue weighted by atomic mass is 16.5. The van der Waals surface area contributed by atoms with Crippen LogP contribution in [0, 0.1) is 5.92 Å². The van der Waals surface area contributed by atoms with Crippen LogP contribution in [0.25, 0.3) is 0 Å². The predicted molar refractivity (Wildman–Crippen MR) is 79.6 cm³/mol. The Morgan fingerprint density at radius 3 is 2.32 bits per heavy atom. The van der Waals surface area contributed by atoms with Crippen molar-refractivity contribution in [3.63, 3.8) is 0 Å². The average Bonchev–Trinajstić information content (AvgIpc) is 2.34. The molecule has 3 nitrogen and oxygen atoms in total. The Labute approximate surface area is 117 Å². The van der Waals surface area contributed by atoms with Crippen LogP contribution in [0.3, 0.4) is 0 Å². The van der Waals surface area contributed by atoms with E-state index in [9.17, 15) is 0 Å². The molecular weight excluding hydrogens is 238 g/mol. The molecule has 0 aliphatic carbocycles. The normalized spacial score (nSPS) is 11.3. The number of ether oxygens (including phenoxy) is 2. The van der Waals surface area contributed by atoms with Crippen LogP contribution in [0.4, 0.5) is 0 Å². The van der Waals surface area contributed by atoms with Gasteiger partial charge in [-0.25, -0.2) is 0 Å². The summed E-state index contributed by atoms with van der Waals surface area (Å²) < 4.78 is 11.1. The first-order valence-electron chi connectivity index (χ1n) is 7.12. The van der Waals surface area contributed by atoms with E-state index >= 15 is 0 Å². The zero-order valence-corrected chi connectivity index (χ0v) is 12.6. The standard InChI is InChI=1S/C16H27NO2/c1-13(2)12-18-10-9-17-11-15-5-7-16(8-6-15)19-14(3)4/h5-8,13-14,17H,9-12H2,1-4H3. The maximum Gasteiger partial charge on any atom is 0.119 e. The maximum atomic E-state index is 5.61. The van der Waals surface area contributed by atoms with Crippen molar-refractivity contribution in [2.24, 2.45) is 5.92 Å². The van der Waals surface area contributed by atoms with Gasteiger partial charge in [0.1, 0.15) is 5.75 Å². The summed E-state index contributed by atoms with van der Waals surface area (Å²) in [5.74, 6) is 1.53. The van der Waals surface area contributed by atoms with Crippen molar-refractivity contribution in [3.8, 4) is 5.75 Å². The van der Waals surface area contributed by atoms with Crippen LogP contribution in [0.2, 0.25) is 0 Å². The van der Waals surface area contributed by atoms with Crippen LogP contribution in [0.1, 0.15) is 33.3 Å². The Morgan fingerprint density at radius 2 is 1.74 bits per heavy atom. The maximum absolute atomic E-state index is 5.61. The highest BCUT2D eigenvalue weighted by molar-refractivity contribution is 5.27. The SMILES string of the molecule is CC(C)COCCNCc1ccc(OC(C)C)cc1. The van der Waals surface area contributed by atoms with E-state index in [4.69, 9.17) is 9.47 Å². The van der Waals surface area contributed by atoms with Gasteiger partial charge in [-0.1, -0.05) is 26.0 Å². The molecule has 0 aromatic heterocycles. The largest absolute Gasteiger partial charge is 0.491 e. The van der Waals surface area contributed by atoms with Crippen LogP contribution in [0.5, 0.6) is 5.75 Å². The summed E-state index contributed by atoms with van der Waals surface area (Å²) in [6.45, 7) is 11.8. The van der Waals surface area contributed by atoms with Crippen molar-refractivity contribution >= 4 is 0 Å². The number of nitrogens with one attached hydrogen (secondary N) is 1. The second-order valence-corrected chi connectivity index (χ2v) is 5.46. The van der Waals surface area contributed by atoms with E-state index in [1.54, 1.807) is 0 Å². The fourth-order valence-electron chi connectivity index (χ4n) is 1.65. The first kappa shape index (κ1) is 16.0. The number of benzene rings is 1. The number of hydrogen-bond donors (Lipinski definition) is 1. The summed E-state index contributed by atoms with van der Waals surface area (Å²) in [4.78, 5) is 0. The Balaban J connectivity index is 2.16. The molecule has 0 bridgehead atoms. The second-order valence-electron chi connectivity index (χ2n) is 5.46. The molecule has 0 fully saturated rings. The first-order valence-corrected chi connectivity index (χ1v) is 7.12. The van der Waals surface area contributed by atoms with Gasteiger partial charge in [-0.15, -0.1) is 0 Å². The van der Waals surface area contributed by atoms with Gasteiger partial charge in [0.15, 0.2) is 0 Å². The summed E-state index contributed by atoms with van der Waals surface area (Å²) in [7, 11) is 0. The molecule has 0 aliphatic rings. The summed E-state index contributed by atoms with van der Waals surface area (Å²) in [5.41, 5.74) is 1.26. The summed E-state index contributed by atoms with van der Waals surface area (Å²) in [6.07, 6.45) is 0.224. The van der Waals surface area contributed by atoms with E-state index in [1.165, 1.54) is 5.56 Å². The molecule has 3 heteroatoms. The Morgan fingerprint density at radius 1 is 1.05 bits per heavy atom. The third kappa shape index (κ3) is 7.85. The van der Waals surface area contributed by atoms with Crippen LogP contribution in [-0.4, -0.2) is 25.9 Å². The van der Waals surface area contributed by atoms with E-state index in [-0.39, 0.29) is 6.10 Å². The fourth-order valence-corrected chi connectivity index (χ4v) is 1.65. The first-order chi connectivity index (χ1) is 9.08. The van der Waals surface area contributed by atoms with Crippen molar-refractivity contribution in [3.05, 3.63) is 29.8 Å². The zero-order valence-electron chi connectivity index (χ0n) is 12.6. The highest BCUT2D eigenvalue weighted by Crippen LogP contribution is 2.13.